The molecule has 2 saturated heterocycles. The van der Waals surface area contributed by atoms with Crippen LogP contribution in [0.4, 0.5) is 10.2 Å². The van der Waals surface area contributed by atoms with Crippen LogP contribution in [0.5, 0.6) is 11.5 Å². The number of likely N-dealkylation sites (tertiary alicyclic amines) is 1. The predicted octanol–water partition coefficient (Wildman–Crippen LogP) is 9.55. The summed E-state index contributed by atoms with van der Waals surface area (Å²) in [7, 11) is 1.66. The van der Waals surface area contributed by atoms with Gasteiger partial charge in [0, 0.05) is 34.5 Å². The predicted molar refractivity (Wildman–Crippen MR) is 235 cm³/mol. The highest BCUT2D eigenvalue weighted by Gasteiger charge is 2.40. The van der Waals surface area contributed by atoms with E-state index < -0.39 is 11.9 Å². The summed E-state index contributed by atoms with van der Waals surface area (Å²) in [6, 6.07) is 14.8. The number of anilines is 1. The lowest BCUT2D eigenvalue weighted by molar-refractivity contribution is -0.136. The molecular formula is C47H58BrFN6O5. The van der Waals surface area contributed by atoms with Crippen molar-refractivity contribution in [3.8, 4) is 11.5 Å². The summed E-state index contributed by atoms with van der Waals surface area (Å²) in [6.45, 7) is 7.89. The summed E-state index contributed by atoms with van der Waals surface area (Å²) in [6.07, 6.45) is 13.0. The molecule has 0 aliphatic carbocycles. The molecule has 0 saturated carbocycles. The number of imide groups is 1. The summed E-state index contributed by atoms with van der Waals surface area (Å²) in [4.78, 5) is 50.5. The standard InChI is InChI=1S/C47H58BrFN6O5/c1-30(33-14-13-15-35(48)24-33)50-45-38-27-42(59-3)43(28-40(38)51-31(2)52-45)60-23-12-10-8-6-4-5-7-9-11-20-54-21-18-32(19-22-54)36-25-34-29-55(47(58)37(34)26-39(36)49)41-16-17-44(56)53-46(41)57/h13-15,24-28,30,32,41H,4-12,16-23,29H2,1-3H3,(H,50,51,52)(H,53,56,57)/t30-,41?/m1/s1. The van der Waals surface area contributed by atoms with Crippen LogP contribution >= 0.6 is 15.9 Å². The molecule has 4 heterocycles. The van der Waals surface area contributed by atoms with Gasteiger partial charge in [-0.3, -0.25) is 19.7 Å². The number of aromatic nitrogens is 2. The Morgan fingerprint density at radius 3 is 2.37 bits per heavy atom. The number of halogens is 2. The fraction of sp³-hybridized carbons (Fsp3) is 0.511. The average molecular weight is 886 g/mol. The Bertz CT molecular complexity index is 2180. The minimum Gasteiger partial charge on any atom is -0.493 e. The average Bonchev–Trinajstić information content (AvgIpc) is 3.54. The number of carbonyl (C=O) groups is 3. The smallest absolute Gasteiger partial charge is 0.255 e. The first kappa shape index (κ1) is 43.5. The molecule has 13 heteroatoms. The van der Waals surface area contributed by atoms with Crippen LogP contribution in [-0.2, 0) is 16.1 Å². The molecule has 0 spiro atoms. The van der Waals surface area contributed by atoms with Crippen molar-refractivity contribution in [1.29, 1.82) is 0 Å². The van der Waals surface area contributed by atoms with Crippen molar-refractivity contribution in [2.75, 3.05) is 38.7 Å². The number of nitrogens with one attached hydrogen (secondary N) is 2. The highest BCUT2D eigenvalue weighted by molar-refractivity contribution is 9.10. The van der Waals surface area contributed by atoms with E-state index in [2.05, 4.69) is 50.5 Å². The monoisotopic (exact) mass is 884 g/mol. The van der Waals surface area contributed by atoms with Gasteiger partial charge in [0.05, 0.1) is 25.3 Å². The van der Waals surface area contributed by atoms with Crippen LogP contribution in [-0.4, -0.2) is 76.9 Å². The maximum absolute atomic E-state index is 15.4. The number of amides is 3. The van der Waals surface area contributed by atoms with Crippen LogP contribution in [0.15, 0.2) is 53.0 Å². The van der Waals surface area contributed by atoms with Gasteiger partial charge in [0.1, 0.15) is 23.5 Å². The molecule has 1 unspecified atom stereocenters. The number of ether oxygens (including phenoxy) is 2. The van der Waals surface area contributed by atoms with Crippen molar-refractivity contribution in [2.24, 2.45) is 0 Å². The van der Waals surface area contributed by atoms with Gasteiger partial charge in [0.15, 0.2) is 11.5 Å². The fourth-order valence-corrected chi connectivity index (χ4v) is 9.36. The van der Waals surface area contributed by atoms with E-state index in [0.29, 0.717) is 41.5 Å². The Hall–Kier alpha value is -4.62. The number of nitrogens with zero attached hydrogens (tertiary/aromatic N) is 4. The lowest BCUT2D eigenvalue weighted by Gasteiger charge is -2.32. The summed E-state index contributed by atoms with van der Waals surface area (Å²) < 4.78 is 28.3. The van der Waals surface area contributed by atoms with E-state index in [9.17, 15) is 14.4 Å². The van der Waals surface area contributed by atoms with Crippen LogP contribution in [0.2, 0.25) is 0 Å². The number of hydrogen-bond acceptors (Lipinski definition) is 9. The highest BCUT2D eigenvalue weighted by Crippen LogP contribution is 2.37. The fourth-order valence-electron chi connectivity index (χ4n) is 8.95. The first-order chi connectivity index (χ1) is 29.1. The molecule has 320 valence electrons. The lowest BCUT2D eigenvalue weighted by Crippen LogP contribution is -2.52. The van der Waals surface area contributed by atoms with Gasteiger partial charge in [-0.2, -0.15) is 0 Å². The molecule has 3 aliphatic rings. The number of carbonyl (C=O) groups excluding carboxylic acids is 3. The molecule has 0 radical (unpaired) electrons. The van der Waals surface area contributed by atoms with E-state index in [4.69, 9.17) is 19.4 Å². The van der Waals surface area contributed by atoms with Crippen molar-refractivity contribution < 1.29 is 28.2 Å². The molecule has 4 aromatic rings. The normalized spacial score (nSPS) is 17.9. The first-order valence-electron chi connectivity index (χ1n) is 21.8. The zero-order chi connectivity index (χ0) is 42.2. The van der Waals surface area contributed by atoms with Gasteiger partial charge < -0.3 is 24.6 Å². The van der Waals surface area contributed by atoms with E-state index in [1.807, 2.05) is 37.3 Å². The molecule has 60 heavy (non-hydrogen) atoms. The van der Waals surface area contributed by atoms with Gasteiger partial charge >= 0.3 is 0 Å². The second kappa shape index (κ2) is 20.3. The second-order valence-corrected chi connectivity index (χ2v) is 17.6. The molecule has 3 amide bonds. The molecule has 3 aromatic carbocycles. The Morgan fingerprint density at radius 2 is 1.65 bits per heavy atom. The summed E-state index contributed by atoms with van der Waals surface area (Å²) >= 11 is 3.57. The summed E-state index contributed by atoms with van der Waals surface area (Å²) in [5.41, 5.74) is 3.76. The number of rotatable bonds is 19. The van der Waals surface area contributed by atoms with Crippen LogP contribution < -0.4 is 20.1 Å². The molecular weight excluding hydrogens is 827 g/mol. The van der Waals surface area contributed by atoms with Crippen LogP contribution in [0.25, 0.3) is 10.9 Å². The molecule has 1 aromatic heterocycles. The van der Waals surface area contributed by atoms with E-state index in [1.54, 1.807) is 7.11 Å². The van der Waals surface area contributed by atoms with E-state index in [0.717, 1.165) is 77.6 Å². The van der Waals surface area contributed by atoms with Gasteiger partial charge in [-0.15, -0.1) is 0 Å². The van der Waals surface area contributed by atoms with Crippen molar-refractivity contribution in [3.05, 3.63) is 86.9 Å². The number of benzene rings is 3. The van der Waals surface area contributed by atoms with E-state index in [1.165, 1.54) is 55.9 Å². The van der Waals surface area contributed by atoms with Gasteiger partial charge in [-0.25, -0.2) is 14.4 Å². The minimum absolute atomic E-state index is 0.0447. The number of unbranched alkanes of at least 4 members (excludes halogenated alkanes) is 8. The zero-order valence-electron chi connectivity index (χ0n) is 35.2. The topological polar surface area (TPSA) is 126 Å². The molecule has 0 bridgehead atoms. The molecule has 2 fully saturated rings. The van der Waals surface area contributed by atoms with Crippen LogP contribution in [0, 0.1) is 12.7 Å². The third-order valence-electron chi connectivity index (χ3n) is 12.3. The summed E-state index contributed by atoms with van der Waals surface area (Å²) in [5, 5.41) is 6.78. The van der Waals surface area contributed by atoms with Crippen molar-refractivity contribution >= 4 is 50.4 Å². The quantitative estimate of drug-likeness (QED) is 0.0700. The molecule has 7 rings (SSSR count). The third-order valence-corrected chi connectivity index (χ3v) is 12.8. The first-order valence-corrected chi connectivity index (χ1v) is 22.6. The van der Waals surface area contributed by atoms with Crippen LogP contribution in [0.3, 0.4) is 0 Å². The van der Waals surface area contributed by atoms with Gasteiger partial charge in [-0.05, 0) is 112 Å². The molecule has 2 N–H and O–H groups in total. The highest BCUT2D eigenvalue weighted by atomic mass is 79.9. The Kier molecular flexibility index (Phi) is 14.7. The second-order valence-electron chi connectivity index (χ2n) is 16.6. The number of methoxy groups -OCH3 is 1. The number of fused-ring (bicyclic) bond motifs is 2. The molecule has 11 nitrogen and oxygen atoms in total. The van der Waals surface area contributed by atoms with Crippen molar-refractivity contribution in [1.82, 2.24) is 25.1 Å². The van der Waals surface area contributed by atoms with E-state index >= 15 is 4.39 Å². The molecule has 3 aliphatic heterocycles. The Morgan fingerprint density at radius 1 is 0.917 bits per heavy atom. The third kappa shape index (κ3) is 10.6. The van der Waals surface area contributed by atoms with Crippen molar-refractivity contribution in [3.63, 3.8) is 0 Å². The largest absolute Gasteiger partial charge is 0.493 e. The van der Waals surface area contributed by atoms with Crippen molar-refractivity contribution in [2.45, 2.75) is 122 Å². The maximum Gasteiger partial charge on any atom is 0.255 e. The number of aryl methyl sites for hydroxylation is 1. The van der Waals surface area contributed by atoms with Gasteiger partial charge in [0.25, 0.3) is 5.91 Å². The lowest BCUT2D eigenvalue weighted by atomic mass is 9.87. The van der Waals surface area contributed by atoms with Crippen LogP contribution in [0.1, 0.15) is 135 Å². The number of piperidine rings is 2. The maximum atomic E-state index is 15.4. The van der Waals surface area contributed by atoms with Gasteiger partial charge in [0.2, 0.25) is 11.8 Å². The Balaban J connectivity index is 0.753. The minimum atomic E-state index is -0.694. The van der Waals surface area contributed by atoms with Gasteiger partial charge in [-0.1, -0.05) is 79.1 Å². The SMILES string of the molecule is COc1cc2c(N[C@H](C)c3cccc(Br)c3)nc(C)nc2cc1OCCCCCCCCCCCN1CCC(c2cc3c(cc2F)C(=O)N(C2CCC(=O)NC2=O)C3)CC1. The molecule has 2 atom stereocenters. The van der Waals surface area contributed by atoms with E-state index in [-0.39, 0.29) is 42.6 Å². The Labute approximate surface area is 361 Å². The number of hydrogen-bond donors (Lipinski definition) is 2. The zero-order valence-corrected chi connectivity index (χ0v) is 36.8. The summed E-state index contributed by atoms with van der Waals surface area (Å²) in [5.74, 6) is 1.51.